The Kier molecular flexibility index (Phi) is 6.11. The van der Waals surface area contributed by atoms with Gasteiger partial charge in [-0.05, 0) is 43.4 Å². The van der Waals surface area contributed by atoms with E-state index in [0.717, 1.165) is 51.7 Å². The van der Waals surface area contributed by atoms with E-state index in [0.29, 0.717) is 6.10 Å². The summed E-state index contributed by atoms with van der Waals surface area (Å²) in [6.45, 7) is 6.90. The molecule has 1 aromatic rings. The maximum absolute atomic E-state index is 6.07. The summed E-state index contributed by atoms with van der Waals surface area (Å²) in [5.74, 6) is 1.03. The number of benzene rings is 1. The van der Waals surface area contributed by atoms with Crippen molar-refractivity contribution in [2.45, 2.75) is 38.3 Å². The monoisotopic (exact) mass is 304 g/mol. The summed E-state index contributed by atoms with van der Waals surface area (Å²) in [5, 5.41) is 3.53. The molecule has 1 heterocycles. The van der Waals surface area contributed by atoms with E-state index in [-0.39, 0.29) is 0 Å². The van der Waals surface area contributed by atoms with Crippen LogP contribution in [0.25, 0.3) is 0 Å². The van der Waals surface area contributed by atoms with E-state index < -0.39 is 0 Å². The third kappa shape index (κ3) is 4.97. The minimum Gasteiger partial charge on any atom is -0.490 e. The molecule has 122 valence electrons. The highest BCUT2D eigenvalue weighted by atomic mass is 16.5. The Balaban J connectivity index is 1.38. The summed E-state index contributed by atoms with van der Waals surface area (Å²) in [7, 11) is 0. The molecule has 0 bridgehead atoms. The average Bonchev–Trinajstić information content (AvgIpc) is 3.06. The van der Waals surface area contributed by atoms with Gasteiger partial charge in [0, 0.05) is 32.7 Å². The van der Waals surface area contributed by atoms with Crippen molar-refractivity contribution in [3.8, 4) is 5.75 Å². The number of nitrogens with zero attached hydrogens (tertiary/aromatic N) is 1. The van der Waals surface area contributed by atoms with Gasteiger partial charge in [-0.2, -0.15) is 0 Å². The third-order valence-corrected chi connectivity index (χ3v) is 4.54. The predicted molar refractivity (Wildman–Crippen MR) is 88.3 cm³/mol. The van der Waals surface area contributed by atoms with Gasteiger partial charge >= 0.3 is 0 Å². The molecule has 1 aliphatic carbocycles. The third-order valence-electron chi connectivity index (χ3n) is 4.54. The van der Waals surface area contributed by atoms with Gasteiger partial charge in [0.15, 0.2) is 0 Å². The van der Waals surface area contributed by atoms with Crippen LogP contribution in [0.1, 0.15) is 31.2 Å². The lowest BCUT2D eigenvalue weighted by atomic mass is 10.2. The Hall–Kier alpha value is -1.10. The fourth-order valence-electron chi connectivity index (χ4n) is 3.22. The van der Waals surface area contributed by atoms with Crippen LogP contribution in [-0.2, 0) is 11.3 Å². The van der Waals surface area contributed by atoms with E-state index in [1.165, 1.54) is 31.2 Å². The largest absolute Gasteiger partial charge is 0.490 e. The van der Waals surface area contributed by atoms with Gasteiger partial charge in [-0.15, -0.1) is 0 Å². The fourth-order valence-corrected chi connectivity index (χ4v) is 3.22. The molecule has 4 heteroatoms. The zero-order chi connectivity index (χ0) is 15.0. The summed E-state index contributed by atoms with van der Waals surface area (Å²) in [5.41, 5.74) is 1.30. The lowest BCUT2D eigenvalue weighted by Crippen LogP contribution is -2.40. The highest BCUT2D eigenvalue weighted by molar-refractivity contribution is 5.28. The zero-order valence-corrected chi connectivity index (χ0v) is 13.4. The number of rotatable bonds is 7. The quantitative estimate of drug-likeness (QED) is 0.785. The first-order valence-corrected chi connectivity index (χ1v) is 8.66. The highest BCUT2D eigenvalue weighted by Crippen LogP contribution is 2.24. The first kappa shape index (κ1) is 15.8. The van der Waals surface area contributed by atoms with Crippen LogP contribution in [0.3, 0.4) is 0 Å². The van der Waals surface area contributed by atoms with Gasteiger partial charge in [-0.25, -0.2) is 0 Å². The average molecular weight is 304 g/mol. The fraction of sp³-hybridized carbons (Fsp3) is 0.667. The molecule has 22 heavy (non-hydrogen) atoms. The Morgan fingerprint density at radius 1 is 1.18 bits per heavy atom. The number of ether oxygens (including phenoxy) is 2. The lowest BCUT2D eigenvalue weighted by Gasteiger charge is -2.26. The van der Waals surface area contributed by atoms with Crippen molar-refractivity contribution < 1.29 is 9.47 Å². The second kappa shape index (κ2) is 8.51. The minimum atomic E-state index is 0.435. The van der Waals surface area contributed by atoms with Crippen LogP contribution in [0.4, 0.5) is 0 Å². The lowest BCUT2D eigenvalue weighted by molar-refractivity contribution is 0.0384. The van der Waals surface area contributed by atoms with Crippen molar-refractivity contribution in [3.63, 3.8) is 0 Å². The van der Waals surface area contributed by atoms with Gasteiger partial charge in [-0.1, -0.05) is 12.1 Å². The first-order chi connectivity index (χ1) is 10.9. The number of hydrogen-bond acceptors (Lipinski definition) is 4. The molecule has 1 saturated heterocycles. The molecule has 2 aliphatic rings. The van der Waals surface area contributed by atoms with Crippen molar-refractivity contribution in [3.05, 3.63) is 29.8 Å². The summed E-state index contributed by atoms with van der Waals surface area (Å²) in [4.78, 5) is 2.45. The molecule has 1 aliphatic heterocycles. The molecule has 2 fully saturated rings. The molecular formula is C18H28N2O2. The standard InChI is InChI=1S/C18H28N2O2/c1-2-6-17(5-1)22-18-7-3-4-16(14-18)15-19-8-9-20-10-12-21-13-11-20/h3-4,7,14,17,19H,1-2,5-6,8-13,15H2. The smallest absolute Gasteiger partial charge is 0.120 e. The molecule has 4 nitrogen and oxygen atoms in total. The second-order valence-electron chi connectivity index (χ2n) is 6.30. The van der Waals surface area contributed by atoms with Crippen molar-refractivity contribution in [1.82, 2.24) is 10.2 Å². The van der Waals surface area contributed by atoms with Gasteiger partial charge in [0.05, 0.1) is 19.3 Å². The van der Waals surface area contributed by atoms with Gasteiger partial charge in [0.25, 0.3) is 0 Å². The predicted octanol–water partition coefficient (Wildman–Crippen LogP) is 2.43. The molecular weight excluding hydrogens is 276 g/mol. The van der Waals surface area contributed by atoms with Crippen LogP contribution >= 0.6 is 0 Å². The zero-order valence-electron chi connectivity index (χ0n) is 13.4. The Morgan fingerprint density at radius 3 is 2.82 bits per heavy atom. The van der Waals surface area contributed by atoms with Gasteiger partial charge in [0.2, 0.25) is 0 Å². The van der Waals surface area contributed by atoms with E-state index in [4.69, 9.17) is 9.47 Å². The second-order valence-corrected chi connectivity index (χ2v) is 6.30. The summed E-state index contributed by atoms with van der Waals surface area (Å²) in [6.07, 6.45) is 5.48. The van der Waals surface area contributed by atoms with Gasteiger partial charge < -0.3 is 14.8 Å². The Labute approximate surface area is 133 Å². The number of nitrogens with one attached hydrogen (secondary N) is 1. The van der Waals surface area contributed by atoms with Crippen molar-refractivity contribution in [1.29, 1.82) is 0 Å². The normalized spacial score (nSPS) is 20.4. The van der Waals surface area contributed by atoms with Crippen molar-refractivity contribution in [2.75, 3.05) is 39.4 Å². The van der Waals surface area contributed by atoms with Crippen molar-refractivity contribution >= 4 is 0 Å². The summed E-state index contributed by atoms with van der Waals surface area (Å²) >= 11 is 0. The summed E-state index contributed by atoms with van der Waals surface area (Å²) < 4.78 is 11.4. The van der Waals surface area contributed by atoms with E-state index in [2.05, 4.69) is 34.5 Å². The topological polar surface area (TPSA) is 33.7 Å². The molecule has 0 unspecified atom stereocenters. The highest BCUT2D eigenvalue weighted by Gasteiger charge is 2.16. The van der Waals surface area contributed by atoms with Gasteiger partial charge in [0.1, 0.15) is 5.75 Å². The van der Waals surface area contributed by atoms with Crippen LogP contribution in [-0.4, -0.2) is 50.4 Å². The molecule has 0 spiro atoms. The Morgan fingerprint density at radius 2 is 2.00 bits per heavy atom. The van der Waals surface area contributed by atoms with E-state index in [1.807, 2.05) is 0 Å². The maximum atomic E-state index is 6.07. The van der Waals surface area contributed by atoms with Crippen LogP contribution in [0, 0.1) is 0 Å². The van der Waals surface area contributed by atoms with Crippen molar-refractivity contribution in [2.24, 2.45) is 0 Å². The van der Waals surface area contributed by atoms with Crippen LogP contribution in [0.5, 0.6) is 5.75 Å². The van der Waals surface area contributed by atoms with Crippen LogP contribution in [0.15, 0.2) is 24.3 Å². The molecule has 0 amide bonds. The molecule has 1 aromatic carbocycles. The van der Waals surface area contributed by atoms with Crippen LogP contribution in [0.2, 0.25) is 0 Å². The molecule has 1 N–H and O–H groups in total. The summed E-state index contributed by atoms with van der Waals surface area (Å²) in [6, 6.07) is 8.53. The van der Waals surface area contributed by atoms with Crippen LogP contribution < -0.4 is 10.1 Å². The first-order valence-electron chi connectivity index (χ1n) is 8.66. The molecule has 1 saturated carbocycles. The van der Waals surface area contributed by atoms with E-state index in [1.54, 1.807) is 0 Å². The SMILES string of the molecule is c1cc(CNCCN2CCOCC2)cc(OC2CCCC2)c1. The number of morpholine rings is 1. The molecule has 0 radical (unpaired) electrons. The minimum absolute atomic E-state index is 0.435. The maximum Gasteiger partial charge on any atom is 0.120 e. The van der Waals surface area contributed by atoms with Gasteiger partial charge in [-0.3, -0.25) is 4.90 Å². The number of hydrogen-bond donors (Lipinski definition) is 1. The Bertz CT molecular complexity index is 440. The molecule has 3 rings (SSSR count). The van der Waals surface area contributed by atoms with E-state index in [9.17, 15) is 0 Å². The van der Waals surface area contributed by atoms with E-state index >= 15 is 0 Å². The molecule has 0 atom stereocenters. The molecule has 0 aromatic heterocycles.